The summed E-state index contributed by atoms with van der Waals surface area (Å²) in [6.45, 7) is 13.8. The van der Waals surface area contributed by atoms with Gasteiger partial charge in [-0.3, -0.25) is 24.5 Å². The van der Waals surface area contributed by atoms with Gasteiger partial charge in [0.1, 0.15) is 0 Å². The number of aliphatic carboxylic acids is 2. The van der Waals surface area contributed by atoms with E-state index in [0.29, 0.717) is 19.3 Å². The minimum atomic E-state index is -0.898. The van der Waals surface area contributed by atoms with Crippen molar-refractivity contribution in [3.05, 3.63) is 68.9 Å². The molecule has 5 heterocycles. The lowest BCUT2D eigenvalue weighted by atomic mass is 9.91. The molecule has 1 aromatic rings. The molecule has 0 aliphatic carbocycles. The number of rotatable bonds is 12. The number of nitrogens with one attached hydrogen (secondary N) is 5. The third-order valence-electron chi connectivity index (χ3n) is 9.66. The quantitative estimate of drug-likeness (QED) is 0.125. The van der Waals surface area contributed by atoms with E-state index in [1.807, 2.05) is 39.8 Å². The van der Waals surface area contributed by atoms with Crippen LogP contribution in [0.1, 0.15) is 75.9 Å². The number of allylic oxidation sites excluding steroid dienone is 2. The Hall–Kier alpha value is -3.58. The van der Waals surface area contributed by atoms with Crippen molar-refractivity contribution in [1.82, 2.24) is 26.4 Å². The molecule has 7 N–H and O–H groups in total. The Labute approximate surface area is 268 Å². The second kappa shape index (κ2) is 12.7. The fourth-order valence-electron chi connectivity index (χ4n) is 7.01. The van der Waals surface area contributed by atoms with Gasteiger partial charge in [-0.05, 0) is 80.0 Å². The smallest absolute Gasteiger partial charge is 0.303 e. The summed E-state index contributed by atoms with van der Waals surface area (Å²) in [6.07, 6.45) is 6.98. The summed E-state index contributed by atoms with van der Waals surface area (Å²) in [4.78, 5) is 44.7. The molecule has 6 atom stereocenters. The van der Waals surface area contributed by atoms with Gasteiger partial charge in [-0.1, -0.05) is 26.5 Å². The van der Waals surface area contributed by atoms with Crippen molar-refractivity contribution in [1.29, 1.82) is 0 Å². The van der Waals surface area contributed by atoms with E-state index in [-0.39, 0.29) is 47.9 Å². The van der Waals surface area contributed by atoms with E-state index in [1.165, 1.54) is 0 Å². The van der Waals surface area contributed by atoms with Crippen molar-refractivity contribution in [2.75, 3.05) is 0 Å². The molecule has 0 aromatic carbocycles. The third kappa shape index (κ3) is 6.42. The lowest BCUT2D eigenvalue weighted by molar-refractivity contribution is -0.138. The molecule has 4 aliphatic heterocycles. The van der Waals surface area contributed by atoms with E-state index in [4.69, 9.17) is 4.84 Å². The standard InChI is InChI=1S/C33H43N5O6S/c1-7-22-17(4)25(37-33(22)38-44-33)12-23-15(2)20(8-10-29(39)40)26(34-23)14-27-21(9-11-30(41)42)16(3)24(35-27)13-28-31(19(6)45)18(5)32(43)36-28/h7,13-14,18-19,23,25,31,34-35,37-38,45H,1,8-12H2,2-6H3,(H,36,43)(H,39,40)(H,41,42)/b26-14-,28-13-/t18-,19+,23?,25-,31+,33-/m1/s1. The number of carboxylic acid groups (broad SMARTS) is 2. The molecule has 0 saturated carbocycles. The molecule has 1 unspecified atom stereocenters. The summed E-state index contributed by atoms with van der Waals surface area (Å²) in [5.74, 6) is -2.82. The van der Waals surface area contributed by atoms with Gasteiger partial charge < -0.3 is 25.8 Å². The molecule has 12 heteroatoms. The van der Waals surface area contributed by atoms with Gasteiger partial charge in [0, 0.05) is 70.4 Å². The molecule has 1 spiro atoms. The maximum Gasteiger partial charge on any atom is 0.303 e. The molecular weight excluding hydrogens is 594 g/mol. The van der Waals surface area contributed by atoms with Crippen molar-refractivity contribution in [3.8, 4) is 0 Å². The van der Waals surface area contributed by atoms with Crippen LogP contribution in [0.4, 0.5) is 0 Å². The largest absolute Gasteiger partial charge is 0.481 e. The van der Waals surface area contributed by atoms with Crippen molar-refractivity contribution < 1.29 is 29.4 Å². The first-order chi connectivity index (χ1) is 21.3. The van der Waals surface area contributed by atoms with Crippen molar-refractivity contribution in [2.24, 2.45) is 11.8 Å². The number of hydroxylamine groups is 1. The molecule has 1 amide bonds. The van der Waals surface area contributed by atoms with Crippen LogP contribution >= 0.6 is 12.6 Å². The fourth-order valence-corrected chi connectivity index (χ4v) is 7.43. The number of carbonyl (C=O) groups is 3. The molecule has 1 aromatic heterocycles. The van der Waals surface area contributed by atoms with Gasteiger partial charge in [-0.2, -0.15) is 12.6 Å². The van der Waals surface area contributed by atoms with Crippen LogP contribution in [0.15, 0.2) is 46.3 Å². The molecule has 0 bridgehead atoms. The SMILES string of the molecule is C=CC1=C(C)[C@@H](CC2N/C(=C\c3[nH]c(/C=C4\NC(=O)[C@H](C)[C@H]4[C@H](C)S)c(C)c3CCC(=O)O)C(CCC(=O)O)=C2C)N[C@@]12NO2. The molecule has 4 aliphatic rings. The van der Waals surface area contributed by atoms with Gasteiger partial charge in [-0.15, -0.1) is 5.48 Å². The molecular formula is C33H43N5O6S. The van der Waals surface area contributed by atoms with Gasteiger partial charge in [0.25, 0.3) is 0 Å². The van der Waals surface area contributed by atoms with Crippen LogP contribution < -0.4 is 21.4 Å². The molecule has 2 saturated heterocycles. The Kier molecular flexibility index (Phi) is 9.23. The number of amides is 1. The monoisotopic (exact) mass is 637 g/mol. The van der Waals surface area contributed by atoms with Crippen LogP contribution in [0.5, 0.6) is 0 Å². The minimum absolute atomic E-state index is 0.00351. The normalized spacial score (nSPS) is 30.0. The summed E-state index contributed by atoms with van der Waals surface area (Å²) in [7, 11) is 0. The number of carboxylic acids is 2. The maximum absolute atomic E-state index is 12.5. The van der Waals surface area contributed by atoms with Crippen LogP contribution in [0, 0.1) is 18.8 Å². The van der Waals surface area contributed by atoms with Gasteiger partial charge in [0.05, 0.1) is 0 Å². The molecule has 2 fully saturated rings. The third-order valence-corrected chi connectivity index (χ3v) is 9.98. The lowest BCUT2D eigenvalue weighted by Crippen LogP contribution is -2.41. The number of thiol groups is 1. The summed E-state index contributed by atoms with van der Waals surface area (Å²) < 4.78 is 0. The second-order valence-electron chi connectivity index (χ2n) is 12.5. The highest BCUT2D eigenvalue weighted by molar-refractivity contribution is 7.80. The molecule has 0 radical (unpaired) electrons. The number of hydrogen-bond donors (Lipinski definition) is 8. The second-order valence-corrected chi connectivity index (χ2v) is 13.3. The molecule has 242 valence electrons. The Morgan fingerprint density at radius 1 is 1.07 bits per heavy atom. The molecule has 45 heavy (non-hydrogen) atoms. The fraction of sp³-hybridized carbons (Fsp3) is 0.485. The van der Waals surface area contributed by atoms with Crippen molar-refractivity contribution >= 4 is 42.6 Å². The maximum atomic E-state index is 12.5. The van der Waals surface area contributed by atoms with Crippen molar-refractivity contribution in [3.63, 3.8) is 0 Å². The van der Waals surface area contributed by atoms with E-state index in [2.05, 4.69) is 52.5 Å². The van der Waals surface area contributed by atoms with E-state index in [1.54, 1.807) is 6.08 Å². The molecule has 5 rings (SSSR count). The average Bonchev–Trinajstić information content (AvgIpc) is 3.37. The Bertz CT molecular complexity index is 1560. The Balaban J connectivity index is 1.51. The van der Waals surface area contributed by atoms with E-state index in [0.717, 1.165) is 56.2 Å². The first-order valence-electron chi connectivity index (χ1n) is 15.4. The summed E-state index contributed by atoms with van der Waals surface area (Å²) in [5, 5.41) is 29.1. The number of carbonyl (C=O) groups excluding carboxylic acids is 1. The average molecular weight is 638 g/mol. The van der Waals surface area contributed by atoms with Crippen molar-refractivity contribution in [2.45, 2.75) is 89.9 Å². The van der Waals surface area contributed by atoms with Gasteiger partial charge in [0.2, 0.25) is 11.8 Å². The van der Waals surface area contributed by atoms with Gasteiger partial charge in [-0.25, -0.2) is 0 Å². The van der Waals surface area contributed by atoms with Crippen LogP contribution in [0.25, 0.3) is 12.2 Å². The van der Waals surface area contributed by atoms with Crippen LogP contribution in [0.3, 0.4) is 0 Å². The minimum Gasteiger partial charge on any atom is -0.481 e. The zero-order chi connectivity index (χ0) is 32.8. The van der Waals surface area contributed by atoms with E-state index >= 15 is 0 Å². The van der Waals surface area contributed by atoms with Crippen LogP contribution in [0.2, 0.25) is 0 Å². The first-order valence-corrected chi connectivity index (χ1v) is 15.9. The van der Waals surface area contributed by atoms with E-state index < -0.39 is 17.8 Å². The highest BCUT2D eigenvalue weighted by atomic mass is 32.1. The zero-order valence-electron chi connectivity index (χ0n) is 26.3. The summed E-state index contributed by atoms with van der Waals surface area (Å²) >= 11 is 4.64. The number of hydrogen-bond acceptors (Lipinski definition) is 8. The molecule has 11 nitrogen and oxygen atoms in total. The van der Waals surface area contributed by atoms with E-state index in [9.17, 15) is 24.6 Å². The highest BCUT2D eigenvalue weighted by Gasteiger charge is 2.55. The summed E-state index contributed by atoms with van der Waals surface area (Å²) in [5.41, 5.74) is 11.9. The van der Waals surface area contributed by atoms with Crippen LogP contribution in [-0.2, 0) is 25.6 Å². The van der Waals surface area contributed by atoms with Crippen LogP contribution in [-0.4, -0.2) is 56.2 Å². The number of aromatic amines is 1. The number of H-pyrrole nitrogens is 1. The Morgan fingerprint density at radius 2 is 1.73 bits per heavy atom. The van der Waals surface area contributed by atoms with Gasteiger partial charge >= 0.3 is 11.9 Å². The van der Waals surface area contributed by atoms with Gasteiger partial charge in [0.15, 0.2) is 0 Å². The lowest BCUT2D eigenvalue weighted by Gasteiger charge is -2.20. The number of aromatic nitrogens is 1. The summed E-state index contributed by atoms with van der Waals surface area (Å²) in [6, 6.07) is -0.0656. The topological polar surface area (TPSA) is 178 Å². The highest BCUT2D eigenvalue weighted by Crippen LogP contribution is 2.40. The first kappa shape index (κ1) is 32.8. The Morgan fingerprint density at radius 3 is 2.31 bits per heavy atom. The predicted molar refractivity (Wildman–Crippen MR) is 175 cm³/mol. The predicted octanol–water partition coefficient (Wildman–Crippen LogP) is 3.93. The zero-order valence-corrected chi connectivity index (χ0v) is 27.2.